The Balaban J connectivity index is 1.80. The van der Waals surface area contributed by atoms with E-state index in [0.29, 0.717) is 22.0 Å². The molecule has 2 rings (SSSR count). The van der Waals surface area contributed by atoms with Gasteiger partial charge in [0, 0.05) is 22.5 Å². The Kier molecular flexibility index (Phi) is 7.79. The van der Waals surface area contributed by atoms with Crippen molar-refractivity contribution in [3.63, 3.8) is 0 Å². The van der Waals surface area contributed by atoms with Crippen LogP contribution in [-0.2, 0) is 14.4 Å². The lowest BCUT2D eigenvalue weighted by molar-refractivity contribution is -0.136. The number of carbonyl (C=O) groups excluding carboxylic acids is 3. The van der Waals surface area contributed by atoms with Gasteiger partial charge in [0.25, 0.3) is 0 Å². The summed E-state index contributed by atoms with van der Waals surface area (Å²) in [6.07, 6.45) is 5.57. The van der Waals surface area contributed by atoms with E-state index in [2.05, 4.69) is 21.2 Å². The molecule has 0 atom stereocenters. The van der Waals surface area contributed by atoms with Crippen LogP contribution in [0.15, 0.2) is 23.3 Å². The first-order chi connectivity index (χ1) is 12.9. The largest absolute Gasteiger partial charge is 0.353 e. The van der Waals surface area contributed by atoms with Gasteiger partial charge in [-0.2, -0.15) is 5.10 Å². The summed E-state index contributed by atoms with van der Waals surface area (Å²) < 4.78 is 0. The standard InChI is InChI=1S/C19H25ClN4O3/c1-12(11-17(25)21-14-7-4-3-5-8-14)23-24-19(27)18(26)22-16-10-6-9-15(20)13(16)2/h6,9-10,14H,3-5,7-8,11H2,1-2H3,(H,21,25)(H,22,26)(H,24,27). The number of anilines is 1. The SMILES string of the molecule is CC(CC(=O)NC1CCCCC1)=NNC(=O)C(=O)Nc1cccc(Cl)c1C. The maximum atomic E-state index is 12.0. The summed E-state index contributed by atoms with van der Waals surface area (Å²) in [6, 6.07) is 5.24. The molecule has 1 fully saturated rings. The maximum absolute atomic E-state index is 12.0. The molecule has 8 heteroatoms. The molecule has 0 spiro atoms. The first-order valence-electron chi connectivity index (χ1n) is 9.05. The molecular formula is C19H25ClN4O3. The van der Waals surface area contributed by atoms with Crippen molar-refractivity contribution in [3.8, 4) is 0 Å². The average Bonchev–Trinajstić information content (AvgIpc) is 2.64. The minimum atomic E-state index is -0.915. The Bertz CT molecular complexity index is 742. The van der Waals surface area contributed by atoms with E-state index in [9.17, 15) is 14.4 Å². The quantitative estimate of drug-likeness (QED) is 0.408. The third kappa shape index (κ3) is 6.67. The molecule has 1 saturated carbocycles. The van der Waals surface area contributed by atoms with Crippen molar-refractivity contribution in [2.45, 2.75) is 58.4 Å². The Morgan fingerprint density at radius 1 is 1.15 bits per heavy atom. The average molecular weight is 393 g/mol. The number of halogens is 1. The summed E-state index contributed by atoms with van der Waals surface area (Å²) in [6.45, 7) is 3.36. The van der Waals surface area contributed by atoms with Crippen LogP contribution in [0.4, 0.5) is 5.69 Å². The molecule has 0 bridgehead atoms. The van der Waals surface area contributed by atoms with Gasteiger partial charge >= 0.3 is 11.8 Å². The van der Waals surface area contributed by atoms with Gasteiger partial charge in [0.05, 0.1) is 6.42 Å². The number of hydrogen-bond donors (Lipinski definition) is 3. The van der Waals surface area contributed by atoms with Crippen molar-refractivity contribution in [1.29, 1.82) is 0 Å². The fourth-order valence-corrected chi connectivity index (χ4v) is 3.09. The summed E-state index contributed by atoms with van der Waals surface area (Å²) in [5.41, 5.74) is 3.71. The Morgan fingerprint density at radius 2 is 1.85 bits per heavy atom. The molecule has 0 saturated heterocycles. The first kappa shape index (κ1) is 20.9. The highest BCUT2D eigenvalue weighted by molar-refractivity contribution is 6.40. The zero-order valence-corrected chi connectivity index (χ0v) is 16.4. The van der Waals surface area contributed by atoms with E-state index in [-0.39, 0.29) is 18.4 Å². The van der Waals surface area contributed by atoms with Gasteiger partial charge in [0.15, 0.2) is 0 Å². The van der Waals surface area contributed by atoms with Crippen molar-refractivity contribution in [1.82, 2.24) is 10.7 Å². The van der Waals surface area contributed by atoms with Crippen molar-refractivity contribution >= 4 is 40.7 Å². The van der Waals surface area contributed by atoms with Crippen molar-refractivity contribution in [2.75, 3.05) is 5.32 Å². The monoisotopic (exact) mass is 392 g/mol. The first-order valence-corrected chi connectivity index (χ1v) is 9.43. The fraction of sp³-hybridized carbons (Fsp3) is 0.474. The van der Waals surface area contributed by atoms with E-state index in [0.717, 1.165) is 25.7 Å². The van der Waals surface area contributed by atoms with Gasteiger partial charge in [-0.25, -0.2) is 5.43 Å². The molecule has 3 N–H and O–H groups in total. The number of hydrogen-bond acceptors (Lipinski definition) is 4. The lowest BCUT2D eigenvalue weighted by Crippen LogP contribution is -2.37. The van der Waals surface area contributed by atoms with E-state index in [1.54, 1.807) is 32.0 Å². The second kappa shape index (κ2) is 10.1. The Morgan fingerprint density at radius 3 is 2.56 bits per heavy atom. The highest BCUT2D eigenvalue weighted by atomic mass is 35.5. The molecule has 0 aliphatic heterocycles. The summed E-state index contributed by atoms with van der Waals surface area (Å²) in [5, 5.41) is 9.79. The van der Waals surface area contributed by atoms with Crippen molar-refractivity contribution in [3.05, 3.63) is 28.8 Å². The van der Waals surface area contributed by atoms with Crippen LogP contribution in [0, 0.1) is 6.92 Å². The summed E-state index contributed by atoms with van der Waals surface area (Å²) in [5.74, 6) is -1.90. The van der Waals surface area contributed by atoms with Crippen LogP contribution >= 0.6 is 11.6 Å². The number of benzene rings is 1. The van der Waals surface area contributed by atoms with Gasteiger partial charge in [-0.1, -0.05) is 36.9 Å². The second-order valence-electron chi connectivity index (χ2n) is 6.73. The smallest absolute Gasteiger partial charge is 0.329 e. The predicted octanol–water partition coefficient (Wildman–Crippen LogP) is 2.92. The number of rotatable bonds is 5. The molecule has 27 heavy (non-hydrogen) atoms. The Labute approximate surface area is 163 Å². The van der Waals surface area contributed by atoms with E-state index in [4.69, 9.17) is 11.6 Å². The second-order valence-corrected chi connectivity index (χ2v) is 7.14. The van der Waals surface area contributed by atoms with E-state index in [1.165, 1.54) is 6.42 Å². The molecule has 0 aromatic heterocycles. The number of hydrazone groups is 1. The summed E-state index contributed by atoms with van der Waals surface area (Å²) >= 11 is 5.99. The minimum absolute atomic E-state index is 0.0752. The number of carbonyl (C=O) groups is 3. The van der Waals surface area contributed by atoms with Crippen LogP contribution in [0.2, 0.25) is 5.02 Å². The van der Waals surface area contributed by atoms with Crippen LogP contribution in [-0.4, -0.2) is 29.5 Å². The van der Waals surface area contributed by atoms with Gasteiger partial charge in [-0.15, -0.1) is 0 Å². The van der Waals surface area contributed by atoms with Gasteiger partial charge < -0.3 is 10.6 Å². The number of nitrogens with one attached hydrogen (secondary N) is 3. The molecule has 0 heterocycles. The third-order valence-electron chi connectivity index (χ3n) is 4.46. The lowest BCUT2D eigenvalue weighted by atomic mass is 9.95. The molecule has 146 valence electrons. The van der Waals surface area contributed by atoms with Crippen molar-refractivity contribution in [2.24, 2.45) is 5.10 Å². The molecule has 0 unspecified atom stereocenters. The molecule has 1 aliphatic rings. The zero-order chi connectivity index (χ0) is 19.8. The summed E-state index contributed by atoms with van der Waals surface area (Å²) in [7, 11) is 0. The highest BCUT2D eigenvalue weighted by Crippen LogP contribution is 2.22. The van der Waals surface area contributed by atoms with Crippen molar-refractivity contribution < 1.29 is 14.4 Å². The topological polar surface area (TPSA) is 99.7 Å². The zero-order valence-electron chi connectivity index (χ0n) is 15.6. The molecule has 3 amide bonds. The van der Waals surface area contributed by atoms with Crippen LogP contribution in [0.25, 0.3) is 0 Å². The molecular weight excluding hydrogens is 368 g/mol. The third-order valence-corrected chi connectivity index (χ3v) is 4.87. The van der Waals surface area contributed by atoms with Gasteiger partial charge in [0.2, 0.25) is 5.91 Å². The Hall–Kier alpha value is -2.41. The van der Waals surface area contributed by atoms with Crippen LogP contribution < -0.4 is 16.1 Å². The highest BCUT2D eigenvalue weighted by Gasteiger charge is 2.17. The predicted molar refractivity (Wildman–Crippen MR) is 106 cm³/mol. The van der Waals surface area contributed by atoms with Gasteiger partial charge in [-0.05, 0) is 44.4 Å². The van der Waals surface area contributed by atoms with Gasteiger partial charge in [0.1, 0.15) is 0 Å². The van der Waals surface area contributed by atoms with Gasteiger partial charge in [-0.3, -0.25) is 14.4 Å². The minimum Gasteiger partial charge on any atom is -0.353 e. The fourth-order valence-electron chi connectivity index (χ4n) is 2.92. The summed E-state index contributed by atoms with van der Waals surface area (Å²) in [4.78, 5) is 35.9. The number of amides is 3. The molecule has 0 radical (unpaired) electrons. The van der Waals surface area contributed by atoms with E-state index < -0.39 is 11.8 Å². The molecule has 1 aromatic rings. The molecule has 1 aliphatic carbocycles. The molecule has 1 aromatic carbocycles. The van der Waals surface area contributed by atoms with E-state index in [1.807, 2.05) is 0 Å². The normalized spacial score (nSPS) is 15.1. The number of nitrogens with zero attached hydrogens (tertiary/aromatic N) is 1. The van der Waals surface area contributed by atoms with E-state index >= 15 is 0 Å². The lowest BCUT2D eigenvalue weighted by Gasteiger charge is -2.22. The maximum Gasteiger partial charge on any atom is 0.329 e. The molecule has 7 nitrogen and oxygen atoms in total. The van der Waals surface area contributed by atoms with Crippen LogP contribution in [0.5, 0.6) is 0 Å². The van der Waals surface area contributed by atoms with Crippen LogP contribution in [0.3, 0.4) is 0 Å². The van der Waals surface area contributed by atoms with Crippen LogP contribution in [0.1, 0.15) is 51.0 Å².